The number of ether oxygens (including phenoxy) is 4. The normalized spacial score (nSPS) is 10.7. The molecule has 0 unspecified atom stereocenters. The first-order valence-electron chi connectivity index (χ1n) is 16.1. The minimum Gasteiger partial charge on any atom is -0.492 e. The van der Waals surface area contributed by atoms with E-state index in [1.165, 1.54) is 67.8 Å². The molecule has 0 aromatic heterocycles. The summed E-state index contributed by atoms with van der Waals surface area (Å²) >= 11 is 1.19. The SMILES string of the molecule is CCCCCCCCCCCCOC(=O)CCCCNSN(CCOc1ccc(Oc2ccccc2)cc1)C(=O)OCC. The Labute approximate surface area is 263 Å². The molecular weight excluding hydrogens is 564 g/mol. The van der Waals surface area contributed by atoms with Crippen LogP contribution in [0.3, 0.4) is 0 Å². The van der Waals surface area contributed by atoms with Crippen molar-refractivity contribution < 1.29 is 28.5 Å². The number of amides is 1. The second-order valence-corrected chi connectivity index (χ2v) is 11.3. The van der Waals surface area contributed by atoms with Crippen molar-refractivity contribution in [2.45, 2.75) is 97.3 Å². The highest BCUT2D eigenvalue weighted by atomic mass is 32.2. The van der Waals surface area contributed by atoms with Crippen molar-refractivity contribution in [3.05, 3.63) is 54.6 Å². The fourth-order valence-corrected chi connectivity index (χ4v) is 4.97. The molecule has 8 nitrogen and oxygen atoms in total. The molecule has 43 heavy (non-hydrogen) atoms. The van der Waals surface area contributed by atoms with Crippen molar-refractivity contribution in [2.75, 3.05) is 32.9 Å². The van der Waals surface area contributed by atoms with Gasteiger partial charge < -0.3 is 18.9 Å². The number of hydrogen-bond acceptors (Lipinski definition) is 8. The van der Waals surface area contributed by atoms with Gasteiger partial charge in [0.05, 0.1) is 19.8 Å². The number of carbonyl (C=O) groups excluding carboxylic acids is 2. The summed E-state index contributed by atoms with van der Waals surface area (Å²) in [4.78, 5) is 24.4. The van der Waals surface area contributed by atoms with Crippen LogP contribution in [0, 0.1) is 0 Å². The van der Waals surface area contributed by atoms with Crippen molar-refractivity contribution in [3.63, 3.8) is 0 Å². The number of esters is 1. The zero-order valence-corrected chi connectivity index (χ0v) is 27.0. The maximum atomic E-state index is 12.4. The van der Waals surface area contributed by atoms with E-state index in [1.54, 1.807) is 6.92 Å². The molecule has 9 heteroatoms. The van der Waals surface area contributed by atoms with Gasteiger partial charge in [0.2, 0.25) is 0 Å². The fourth-order valence-electron chi connectivity index (χ4n) is 4.28. The predicted octanol–water partition coefficient (Wildman–Crippen LogP) is 9.10. The molecule has 0 aliphatic rings. The number of para-hydroxylation sites is 1. The van der Waals surface area contributed by atoms with Crippen molar-refractivity contribution >= 4 is 24.2 Å². The molecule has 0 bridgehead atoms. The van der Waals surface area contributed by atoms with Gasteiger partial charge in [-0.15, -0.1) is 0 Å². The van der Waals surface area contributed by atoms with Crippen LogP contribution < -0.4 is 14.2 Å². The Hall–Kier alpha value is -2.91. The summed E-state index contributed by atoms with van der Waals surface area (Å²) in [6.45, 7) is 6.13. The quantitative estimate of drug-likeness (QED) is 0.0672. The lowest BCUT2D eigenvalue weighted by atomic mass is 10.1. The average Bonchev–Trinajstić information content (AvgIpc) is 3.02. The Kier molecular flexibility index (Phi) is 20.7. The minimum atomic E-state index is -0.425. The second-order valence-electron chi connectivity index (χ2n) is 10.4. The third-order valence-electron chi connectivity index (χ3n) is 6.68. The van der Waals surface area contributed by atoms with Gasteiger partial charge in [-0.3, -0.25) is 4.79 Å². The van der Waals surface area contributed by atoms with Crippen molar-refractivity contribution in [3.8, 4) is 17.2 Å². The molecule has 0 fully saturated rings. The summed E-state index contributed by atoms with van der Waals surface area (Å²) in [5.74, 6) is 2.04. The summed E-state index contributed by atoms with van der Waals surface area (Å²) in [6.07, 6.45) is 14.1. The average molecular weight is 617 g/mol. The Bertz CT molecular complexity index is 977. The molecule has 1 amide bonds. The van der Waals surface area contributed by atoms with Gasteiger partial charge in [-0.05, 0) is 62.6 Å². The van der Waals surface area contributed by atoms with Gasteiger partial charge in [0.15, 0.2) is 0 Å². The first kappa shape index (κ1) is 36.3. The van der Waals surface area contributed by atoms with Crippen LogP contribution in [0.15, 0.2) is 54.6 Å². The molecule has 1 N–H and O–H groups in total. The zero-order chi connectivity index (χ0) is 30.8. The van der Waals surface area contributed by atoms with E-state index in [1.807, 2.05) is 54.6 Å². The van der Waals surface area contributed by atoms with E-state index in [0.29, 0.717) is 50.8 Å². The van der Waals surface area contributed by atoms with Crippen LogP contribution in [-0.4, -0.2) is 49.3 Å². The molecule has 240 valence electrons. The third-order valence-corrected chi connectivity index (χ3v) is 7.57. The van der Waals surface area contributed by atoms with Gasteiger partial charge in [0, 0.05) is 25.1 Å². The number of unbranched alkanes of at least 4 members (excludes halogenated alkanes) is 10. The number of nitrogens with zero attached hydrogens (tertiary/aromatic N) is 1. The number of rotatable bonds is 25. The summed E-state index contributed by atoms with van der Waals surface area (Å²) < 4.78 is 26.9. The van der Waals surface area contributed by atoms with Gasteiger partial charge in [-0.1, -0.05) is 82.9 Å². The van der Waals surface area contributed by atoms with Crippen molar-refractivity contribution in [2.24, 2.45) is 0 Å². The summed E-state index contributed by atoms with van der Waals surface area (Å²) in [5.41, 5.74) is 0. The van der Waals surface area contributed by atoms with Crippen LogP contribution in [0.25, 0.3) is 0 Å². The monoisotopic (exact) mass is 616 g/mol. The molecule has 2 rings (SSSR count). The predicted molar refractivity (Wildman–Crippen MR) is 174 cm³/mol. The minimum absolute atomic E-state index is 0.131. The molecule has 0 heterocycles. The molecule has 2 aromatic rings. The van der Waals surface area contributed by atoms with Crippen LogP contribution in [0.1, 0.15) is 97.3 Å². The first-order valence-corrected chi connectivity index (χ1v) is 16.8. The molecule has 0 aliphatic heterocycles. The maximum Gasteiger partial charge on any atom is 0.420 e. The highest BCUT2D eigenvalue weighted by Crippen LogP contribution is 2.23. The van der Waals surface area contributed by atoms with Crippen LogP contribution in [0.4, 0.5) is 4.79 Å². The molecule has 0 saturated heterocycles. The van der Waals surface area contributed by atoms with Crippen LogP contribution >= 0.6 is 12.1 Å². The number of benzene rings is 2. The van der Waals surface area contributed by atoms with E-state index in [0.717, 1.165) is 31.4 Å². The Balaban J connectivity index is 1.52. The van der Waals surface area contributed by atoms with Crippen LogP contribution in [0.2, 0.25) is 0 Å². The smallest absolute Gasteiger partial charge is 0.420 e. The topological polar surface area (TPSA) is 86.3 Å². The number of carbonyl (C=O) groups is 2. The van der Waals surface area contributed by atoms with Gasteiger partial charge in [0.1, 0.15) is 23.9 Å². The zero-order valence-electron chi connectivity index (χ0n) is 26.2. The summed E-state index contributed by atoms with van der Waals surface area (Å²) in [7, 11) is 0. The van der Waals surface area contributed by atoms with E-state index in [9.17, 15) is 9.59 Å². The number of nitrogens with one attached hydrogen (secondary N) is 1. The molecule has 0 spiro atoms. The van der Waals surface area contributed by atoms with E-state index < -0.39 is 6.09 Å². The van der Waals surface area contributed by atoms with Crippen molar-refractivity contribution in [1.29, 1.82) is 0 Å². The lowest BCUT2D eigenvalue weighted by Crippen LogP contribution is -2.32. The highest BCUT2D eigenvalue weighted by molar-refractivity contribution is 7.95. The molecular formula is C34H52N2O6S. The van der Waals surface area contributed by atoms with E-state index in [-0.39, 0.29) is 5.97 Å². The van der Waals surface area contributed by atoms with Gasteiger partial charge in [0.25, 0.3) is 0 Å². The van der Waals surface area contributed by atoms with Gasteiger partial charge >= 0.3 is 12.1 Å². The lowest BCUT2D eigenvalue weighted by Gasteiger charge is -2.20. The molecule has 2 aromatic carbocycles. The standard InChI is InChI=1S/C34H52N2O6S/c1-3-5-6-7-8-9-10-11-12-18-28-41-33(37)21-16-17-26-35-43-36(34(38)39-4-2)27-29-40-30-22-24-32(25-23-30)42-31-19-14-13-15-20-31/h13-15,19-20,22-25,35H,3-12,16-18,21,26-29H2,1-2H3. The summed E-state index contributed by atoms with van der Waals surface area (Å²) in [5, 5.41) is 0. The van der Waals surface area contributed by atoms with Gasteiger partial charge in [-0.25, -0.2) is 13.8 Å². The molecule has 0 radical (unpaired) electrons. The highest BCUT2D eigenvalue weighted by Gasteiger charge is 2.16. The molecule has 0 aliphatic carbocycles. The first-order chi connectivity index (χ1) is 21.1. The van der Waals surface area contributed by atoms with Crippen LogP contribution in [0.5, 0.6) is 17.2 Å². The number of hydrogen-bond donors (Lipinski definition) is 1. The van der Waals surface area contributed by atoms with Crippen molar-refractivity contribution in [1.82, 2.24) is 9.03 Å². The fraction of sp³-hybridized carbons (Fsp3) is 0.588. The lowest BCUT2D eigenvalue weighted by molar-refractivity contribution is -0.143. The van der Waals surface area contributed by atoms with E-state index in [2.05, 4.69) is 11.6 Å². The molecule has 0 saturated carbocycles. The van der Waals surface area contributed by atoms with Gasteiger partial charge in [-0.2, -0.15) is 0 Å². The Morgan fingerprint density at radius 1 is 0.698 bits per heavy atom. The molecule has 0 atom stereocenters. The Morgan fingerprint density at radius 2 is 1.33 bits per heavy atom. The Morgan fingerprint density at radius 3 is 2.00 bits per heavy atom. The van der Waals surface area contributed by atoms with E-state index in [4.69, 9.17) is 18.9 Å². The van der Waals surface area contributed by atoms with E-state index >= 15 is 0 Å². The summed E-state index contributed by atoms with van der Waals surface area (Å²) in [6, 6.07) is 16.9. The second kappa shape index (κ2) is 24.5. The van der Waals surface area contributed by atoms with Crippen LogP contribution in [-0.2, 0) is 14.3 Å². The maximum absolute atomic E-state index is 12.4. The largest absolute Gasteiger partial charge is 0.492 e. The third kappa shape index (κ3) is 18.4.